The highest BCUT2D eigenvalue weighted by atomic mass is 35.5. The number of nitrogens with two attached hydrogens (primary N) is 1. The van der Waals surface area contributed by atoms with E-state index in [1.165, 1.54) is 12.1 Å². The van der Waals surface area contributed by atoms with Crippen LogP contribution in [0.1, 0.15) is 16.7 Å². The van der Waals surface area contributed by atoms with Crippen molar-refractivity contribution >= 4 is 28.8 Å². The van der Waals surface area contributed by atoms with Gasteiger partial charge >= 0.3 is 0 Å². The molecule has 0 aliphatic heterocycles. The number of thiocarbonyl (C=S) groups is 1. The van der Waals surface area contributed by atoms with E-state index in [2.05, 4.69) is 4.90 Å². The minimum atomic E-state index is -0.324. The van der Waals surface area contributed by atoms with Gasteiger partial charge in [-0.2, -0.15) is 0 Å². The van der Waals surface area contributed by atoms with Gasteiger partial charge in [0.25, 0.3) is 0 Å². The quantitative estimate of drug-likeness (QED) is 0.850. The van der Waals surface area contributed by atoms with E-state index in [1.807, 2.05) is 37.4 Å². The highest BCUT2D eigenvalue weighted by molar-refractivity contribution is 7.80. The Balaban J connectivity index is 2.07. The summed E-state index contributed by atoms with van der Waals surface area (Å²) in [7, 11) is 1.97. The molecule has 0 amide bonds. The summed E-state index contributed by atoms with van der Waals surface area (Å²) in [4.78, 5) is 2.29. The highest BCUT2D eigenvalue weighted by Crippen LogP contribution is 2.14. The molecule has 0 unspecified atom stereocenters. The molecule has 0 bridgehead atoms. The molecular weight excluding hydrogens is 307 g/mol. The van der Waals surface area contributed by atoms with Crippen LogP contribution >= 0.6 is 23.8 Å². The second-order valence-corrected chi connectivity index (χ2v) is 5.89. The molecule has 0 fully saturated rings. The third-order valence-electron chi connectivity index (χ3n) is 3.06. The van der Waals surface area contributed by atoms with Crippen molar-refractivity contribution in [3.05, 3.63) is 70.0 Å². The van der Waals surface area contributed by atoms with Crippen molar-refractivity contribution in [3.63, 3.8) is 0 Å². The zero-order valence-electron chi connectivity index (χ0n) is 11.6. The molecule has 110 valence electrons. The summed E-state index contributed by atoms with van der Waals surface area (Å²) in [5.74, 6) is -0.324. The molecule has 2 aromatic carbocycles. The molecule has 0 radical (unpaired) electrons. The number of nitrogens with zero attached hydrogens (tertiary/aromatic N) is 1. The molecule has 2 nitrogen and oxygen atoms in total. The van der Waals surface area contributed by atoms with Gasteiger partial charge in [0.1, 0.15) is 10.8 Å². The molecule has 21 heavy (non-hydrogen) atoms. The molecule has 0 aromatic heterocycles. The van der Waals surface area contributed by atoms with Crippen molar-refractivity contribution in [1.82, 2.24) is 4.90 Å². The van der Waals surface area contributed by atoms with Crippen molar-refractivity contribution in [3.8, 4) is 0 Å². The van der Waals surface area contributed by atoms with Crippen molar-refractivity contribution < 1.29 is 4.39 Å². The summed E-state index contributed by atoms with van der Waals surface area (Å²) < 4.78 is 13.6. The third kappa shape index (κ3) is 4.77. The van der Waals surface area contributed by atoms with Crippen LogP contribution in [-0.2, 0) is 13.1 Å². The minimum absolute atomic E-state index is 0.205. The smallest absolute Gasteiger partial charge is 0.124 e. The van der Waals surface area contributed by atoms with E-state index in [1.54, 1.807) is 0 Å². The fourth-order valence-corrected chi connectivity index (χ4v) is 2.40. The van der Waals surface area contributed by atoms with Gasteiger partial charge in [-0.15, -0.1) is 0 Å². The maximum Gasteiger partial charge on any atom is 0.124 e. The SMILES string of the molecule is CN(Cc1ccc(Cl)cc1)Cc1cc(F)cc(C(N)=S)c1. The predicted octanol–water partition coefficient (Wildman–Crippen LogP) is 3.75. The summed E-state index contributed by atoms with van der Waals surface area (Å²) in [6.07, 6.45) is 0. The van der Waals surface area contributed by atoms with Crippen molar-refractivity contribution in [2.45, 2.75) is 13.1 Å². The predicted molar refractivity (Wildman–Crippen MR) is 88.9 cm³/mol. The average Bonchev–Trinajstić information content (AvgIpc) is 2.40. The van der Waals surface area contributed by atoms with Crippen LogP contribution in [-0.4, -0.2) is 16.9 Å². The molecule has 0 heterocycles. The van der Waals surface area contributed by atoms with E-state index in [4.69, 9.17) is 29.6 Å². The molecule has 0 aliphatic carbocycles. The molecule has 5 heteroatoms. The monoisotopic (exact) mass is 322 g/mol. The van der Waals surface area contributed by atoms with Gasteiger partial charge in [0, 0.05) is 23.7 Å². The number of hydrogen-bond acceptors (Lipinski definition) is 2. The number of rotatable bonds is 5. The molecule has 0 saturated heterocycles. The molecule has 0 aliphatic rings. The van der Waals surface area contributed by atoms with Crippen LogP contribution in [0.4, 0.5) is 4.39 Å². The van der Waals surface area contributed by atoms with Gasteiger partial charge in [0.05, 0.1) is 0 Å². The Bertz CT molecular complexity index is 643. The first-order valence-corrected chi connectivity index (χ1v) is 7.25. The van der Waals surface area contributed by atoms with Gasteiger partial charge in [-0.25, -0.2) is 4.39 Å². The Morgan fingerprint density at radius 1 is 1.14 bits per heavy atom. The number of benzene rings is 2. The van der Waals surface area contributed by atoms with Gasteiger partial charge in [0.2, 0.25) is 0 Å². The van der Waals surface area contributed by atoms with Gasteiger partial charge in [0.15, 0.2) is 0 Å². The molecular formula is C16H16ClFN2S. The van der Waals surface area contributed by atoms with Crippen molar-refractivity contribution in [2.75, 3.05) is 7.05 Å². The summed E-state index contributed by atoms with van der Waals surface area (Å²) in [6, 6.07) is 12.3. The summed E-state index contributed by atoms with van der Waals surface area (Å²) in [6.45, 7) is 1.35. The second-order valence-electron chi connectivity index (χ2n) is 5.01. The lowest BCUT2D eigenvalue weighted by atomic mass is 10.1. The van der Waals surface area contributed by atoms with Gasteiger partial charge in [-0.05, 0) is 48.5 Å². The zero-order valence-corrected chi connectivity index (χ0v) is 13.2. The van der Waals surface area contributed by atoms with E-state index in [0.717, 1.165) is 17.7 Å². The highest BCUT2D eigenvalue weighted by Gasteiger charge is 2.06. The molecule has 2 N–H and O–H groups in total. The second kappa shape index (κ2) is 6.98. The van der Waals surface area contributed by atoms with E-state index in [0.29, 0.717) is 17.1 Å². The third-order valence-corrected chi connectivity index (χ3v) is 3.55. The van der Waals surface area contributed by atoms with Gasteiger partial charge in [-0.1, -0.05) is 36.0 Å². The lowest BCUT2D eigenvalue weighted by molar-refractivity contribution is 0.318. The molecule has 2 aromatic rings. The van der Waals surface area contributed by atoms with Crippen LogP contribution in [0.5, 0.6) is 0 Å². The van der Waals surface area contributed by atoms with Gasteiger partial charge in [-0.3, -0.25) is 4.90 Å². The van der Waals surface area contributed by atoms with Crippen LogP contribution in [0.3, 0.4) is 0 Å². The van der Waals surface area contributed by atoms with Gasteiger partial charge < -0.3 is 5.73 Å². The first-order chi connectivity index (χ1) is 9.94. The Hall–Kier alpha value is -1.49. The fraction of sp³-hybridized carbons (Fsp3) is 0.188. The lowest BCUT2D eigenvalue weighted by Crippen LogP contribution is -2.18. The van der Waals surface area contributed by atoms with E-state index >= 15 is 0 Å². The van der Waals surface area contributed by atoms with Crippen LogP contribution in [0, 0.1) is 5.82 Å². The summed E-state index contributed by atoms with van der Waals surface area (Å²) >= 11 is 10.8. The number of halogens is 2. The Labute approximate surface area is 134 Å². The minimum Gasteiger partial charge on any atom is -0.389 e. The normalized spacial score (nSPS) is 10.9. The van der Waals surface area contributed by atoms with E-state index in [9.17, 15) is 4.39 Å². The molecule has 0 saturated carbocycles. The maximum absolute atomic E-state index is 13.6. The first kappa shape index (κ1) is 15.9. The zero-order chi connectivity index (χ0) is 15.4. The fourth-order valence-electron chi connectivity index (χ4n) is 2.15. The van der Waals surface area contributed by atoms with Crippen LogP contribution in [0.25, 0.3) is 0 Å². The lowest BCUT2D eigenvalue weighted by Gasteiger charge is -2.17. The van der Waals surface area contributed by atoms with E-state index < -0.39 is 0 Å². The number of hydrogen-bond donors (Lipinski definition) is 1. The van der Waals surface area contributed by atoms with Crippen molar-refractivity contribution in [1.29, 1.82) is 0 Å². The Morgan fingerprint density at radius 3 is 2.38 bits per heavy atom. The van der Waals surface area contributed by atoms with Crippen LogP contribution in [0.15, 0.2) is 42.5 Å². The Kier molecular flexibility index (Phi) is 5.28. The average molecular weight is 323 g/mol. The molecule has 2 rings (SSSR count). The largest absolute Gasteiger partial charge is 0.389 e. The van der Waals surface area contributed by atoms with Crippen LogP contribution < -0.4 is 5.73 Å². The first-order valence-electron chi connectivity index (χ1n) is 6.46. The molecule has 0 spiro atoms. The standard InChI is InChI=1S/C16H16ClFN2S/c1-20(9-11-2-4-14(17)5-3-11)10-12-6-13(16(19)21)8-15(18)7-12/h2-8H,9-10H2,1H3,(H2,19,21). The van der Waals surface area contributed by atoms with Crippen molar-refractivity contribution in [2.24, 2.45) is 5.73 Å². The Morgan fingerprint density at radius 2 is 1.76 bits per heavy atom. The van der Waals surface area contributed by atoms with Crippen LogP contribution in [0.2, 0.25) is 5.02 Å². The summed E-state index contributed by atoms with van der Waals surface area (Å²) in [5, 5.41) is 0.715. The molecule has 0 atom stereocenters. The maximum atomic E-state index is 13.6. The summed E-state index contributed by atoms with van der Waals surface area (Å²) in [5.41, 5.74) is 8.10. The van der Waals surface area contributed by atoms with E-state index in [-0.39, 0.29) is 10.8 Å². The topological polar surface area (TPSA) is 29.3 Å².